The van der Waals surface area contributed by atoms with Gasteiger partial charge in [0.05, 0.1) is 6.10 Å². The van der Waals surface area contributed by atoms with Crippen LogP contribution in [0.1, 0.15) is 50.2 Å². The van der Waals surface area contributed by atoms with Gasteiger partial charge in [0.15, 0.2) is 0 Å². The fraction of sp³-hybridized carbons (Fsp3) is 0.667. The van der Waals surface area contributed by atoms with Crippen LogP contribution < -0.4 is 5.32 Å². The zero-order valence-electron chi connectivity index (χ0n) is 13.0. The summed E-state index contributed by atoms with van der Waals surface area (Å²) in [5.74, 6) is 0.692. The summed E-state index contributed by atoms with van der Waals surface area (Å²) in [5, 5.41) is 3.80. The molecule has 1 aromatic rings. The minimum absolute atomic E-state index is 0.267. The van der Waals surface area contributed by atoms with Crippen molar-refractivity contribution in [2.24, 2.45) is 5.41 Å². The number of hydrogen-bond acceptors (Lipinski definition) is 2. The molecule has 0 radical (unpaired) electrons. The van der Waals surface area contributed by atoms with Gasteiger partial charge < -0.3 is 10.1 Å². The monoisotopic (exact) mass is 273 g/mol. The van der Waals surface area contributed by atoms with E-state index in [1.165, 1.54) is 19.3 Å². The van der Waals surface area contributed by atoms with Gasteiger partial charge in [-0.25, -0.2) is 0 Å². The van der Waals surface area contributed by atoms with Crippen molar-refractivity contribution in [3.8, 4) is 0 Å². The second-order valence-electron chi connectivity index (χ2n) is 7.03. The fourth-order valence-electron chi connectivity index (χ4n) is 3.98. The lowest BCUT2D eigenvalue weighted by atomic mass is 9.64. The molecule has 3 atom stereocenters. The van der Waals surface area contributed by atoms with Gasteiger partial charge in [0.1, 0.15) is 0 Å². The second-order valence-corrected chi connectivity index (χ2v) is 7.03. The predicted molar refractivity (Wildman–Crippen MR) is 83.1 cm³/mol. The van der Waals surface area contributed by atoms with Crippen LogP contribution in [0.2, 0.25) is 0 Å². The van der Waals surface area contributed by atoms with E-state index in [0.717, 1.165) is 13.0 Å². The Bertz CT molecular complexity index is 468. The van der Waals surface area contributed by atoms with Gasteiger partial charge in [-0.1, -0.05) is 38.1 Å². The van der Waals surface area contributed by atoms with Gasteiger partial charge in [-0.05, 0) is 42.7 Å². The van der Waals surface area contributed by atoms with E-state index < -0.39 is 0 Å². The SMILES string of the molecule is COC1CC(NCC2CCCc3ccccc32)C1(C)C. The number of benzene rings is 1. The Morgan fingerprint density at radius 3 is 2.85 bits per heavy atom. The lowest BCUT2D eigenvalue weighted by Gasteiger charge is -2.52. The summed E-state index contributed by atoms with van der Waals surface area (Å²) in [7, 11) is 1.83. The molecule has 3 rings (SSSR count). The lowest BCUT2D eigenvalue weighted by Crippen LogP contribution is -2.61. The first-order valence-electron chi connectivity index (χ1n) is 7.97. The van der Waals surface area contributed by atoms with Gasteiger partial charge in [0, 0.05) is 25.1 Å². The third-order valence-corrected chi connectivity index (χ3v) is 5.57. The van der Waals surface area contributed by atoms with Gasteiger partial charge in [-0.15, -0.1) is 0 Å². The van der Waals surface area contributed by atoms with Crippen molar-refractivity contribution in [2.45, 2.75) is 57.6 Å². The quantitative estimate of drug-likeness (QED) is 0.906. The Kier molecular flexibility index (Phi) is 3.87. The number of fused-ring (bicyclic) bond motifs is 1. The molecule has 0 saturated heterocycles. The minimum atomic E-state index is 0.267. The summed E-state index contributed by atoms with van der Waals surface area (Å²) in [6.07, 6.45) is 5.48. The molecule has 20 heavy (non-hydrogen) atoms. The van der Waals surface area contributed by atoms with Crippen molar-refractivity contribution in [3.05, 3.63) is 35.4 Å². The molecule has 0 heterocycles. The van der Waals surface area contributed by atoms with Crippen LogP contribution in [0, 0.1) is 5.41 Å². The van der Waals surface area contributed by atoms with Crippen molar-refractivity contribution in [3.63, 3.8) is 0 Å². The molecule has 1 aromatic carbocycles. The van der Waals surface area contributed by atoms with Crippen molar-refractivity contribution in [2.75, 3.05) is 13.7 Å². The number of rotatable bonds is 4. The molecule has 2 nitrogen and oxygen atoms in total. The van der Waals surface area contributed by atoms with Crippen LogP contribution in [0.15, 0.2) is 24.3 Å². The van der Waals surface area contributed by atoms with E-state index in [2.05, 4.69) is 43.4 Å². The van der Waals surface area contributed by atoms with Crippen LogP contribution in [0.25, 0.3) is 0 Å². The molecule has 0 amide bonds. The molecule has 3 unspecified atom stereocenters. The Balaban J connectivity index is 1.61. The van der Waals surface area contributed by atoms with Crippen molar-refractivity contribution in [1.82, 2.24) is 5.32 Å². The van der Waals surface area contributed by atoms with E-state index in [0.29, 0.717) is 18.1 Å². The van der Waals surface area contributed by atoms with Crippen LogP contribution >= 0.6 is 0 Å². The van der Waals surface area contributed by atoms with Crippen molar-refractivity contribution < 1.29 is 4.74 Å². The topological polar surface area (TPSA) is 21.3 Å². The number of nitrogens with one attached hydrogen (secondary N) is 1. The molecule has 110 valence electrons. The molecule has 1 saturated carbocycles. The van der Waals surface area contributed by atoms with Crippen molar-refractivity contribution >= 4 is 0 Å². The molecular weight excluding hydrogens is 246 g/mol. The number of hydrogen-bond donors (Lipinski definition) is 1. The van der Waals surface area contributed by atoms with Gasteiger partial charge in [0.2, 0.25) is 0 Å². The first-order valence-corrected chi connectivity index (χ1v) is 7.97. The summed E-state index contributed by atoms with van der Waals surface area (Å²) < 4.78 is 5.54. The summed E-state index contributed by atoms with van der Waals surface area (Å²) >= 11 is 0. The number of aryl methyl sites for hydroxylation is 1. The molecule has 0 bridgehead atoms. The largest absolute Gasteiger partial charge is 0.381 e. The Morgan fingerprint density at radius 1 is 1.30 bits per heavy atom. The molecule has 1 N–H and O–H groups in total. The standard InChI is InChI=1S/C18H27NO/c1-18(2)16(11-17(18)20-3)19-12-14-9-6-8-13-7-4-5-10-15(13)14/h4-5,7,10,14,16-17,19H,6,8-9,11-12H2,1-3H3. The maximum atomic E-state index is 5.54. The summed E-state index contributed by atoms with van der Waals surface area (Å²) in [5.41, 5.74) is 3.41. The Morgan fingerprint density at radius 2 is 2.10 bits per heavy atom. The zero-order chi connectivity index (χ0) is 14.2. The molecule has 0 spiro atoms. The highest BCUT2D eigenvalue weighted by atomic mass is 16.5. The summed E-state index contributed by atoms with van der Waals surface area (Å²) in [6, 6.07) is 9.58. The predicted octanol–water partition coefficient (Wildman–Crippen LogP) is 3.51. The summed E-state index contributed by atoms with van der Waals surface area (Å²) in [4.78, 5) is 0. The van der Waals surface area contributed by atoms with Crippen LogP contribution in [-0.4, -0.2) is 25.8 Å². The average molecular weight is 273 g/mol. The molecule has 0 aliphatic heterocycles. The Hall–Kier alpha value is -0.860. The van der Waals surface area contributed by atoms with Crippen molar-refractivity contribution in [1.29, 1.82) is 0 Å². The third kappa shape index (κ3) is 2.40. The van der Waals surface area contributed by atoms with E-state index in [4.69, 9.17) is 4.74 Å². The van der Waals surface area contributed by atoms with Gasteiger partial charge >= 0.3 is 0 Å². The van der Waals surface area contributed by atoms with Crippen LogP contribution in [0.5, 0.6) is 0 Å². The summed E-state index contributed by atoms with van der Waals surface area (Å²) in [6.45, 7) is 5.75. The van der Waals surface area contributed by atoms with E-state index in [9.17, 15) is 0 Å². The van der Waals surface area contributed by atoms with E-state index in [1.807, 2.05) is 7.11 Å². The van der Waals surface area contributed by atoms with Gasteiger partial charge in [0.25, 0.3) is 0 Å². The first-order chi connectivity index (χ1) is 9.63. The average Bonchev–Trinajstić information content (AvgIpc) is 2.46. The fourth-order valence-corrected chi connectivity index (χ4v) is 3.98. The molecule has 0 aromatic heterocycles. The highest BCUT2D eigenvalue weighted by Crippen LogP contribution is 2.42. The van der Waals surface area contributed by atoms with Gasteiger partial charge in [-0.3, -0.25) is 0 Å². The first kappa shape index (κ1) is 14.1. The molecule has 1 fully saturated rings. The minimum Gasteiger partial charge on any atom is -0.381 e. The van der Waals surface area contributed by atoms with E-state index in [-0.39, 0.29) is 5.41 Å². The zero-order valence-corrected chi connectivity index (χ0v) is 13.0. The third-order valence-electron chi connectivity index (χ3n) is 5.57. The lowest BCUT2D eigenvalue weighted by molar-refractivity contribution is -0.0976. The van der Waals surface area contributed by atoms with E-state index >= 15 is 0 Å². The highest BCUT2D eigenvalue weighted by molar-refractivity contribution is 5.32. The van der Waals surface area contributed by atoms with Gasteiger partial charge in [-0.2, -0.15) is 0 Å². The number of methoxy groups -OCH3 is 1. The van der Waals surface area contributed by atoms with Crippen LogP contribution in [0.4, 0.5) is 0 Å². The normalized spacial score (nSPS) is 31.4. The Labute approximate surface area is 122 Å². The maximum absolute atomic E-state index is 5.54. The second kappa shape index (κ2) is 5.50. The molecule has 2 aliphatic rings. The molecule has 2 heteroatoms. The molecule has 2 aliphatic carbocycles. The number of ether oxygens (including phenoxy) is 1. The van der Waals surface area contributed by atoms with Crippen LogP contribution in [-0.2, 0) is 11.2 Å². The van der Waals surface area contributed by atoms with Crippen LogP contribution in [0.3, 0.4) is 0 Å². The van der Waals surface area contributed by atoms with E-state index in [1.54, 1.807) is 11.1 Å². The molecular formula is C18H27NO. The maximum Gasteiger partial charge on any atom is 0.0652 e. The highest BCUT2D eigenvalue weighted by Gasteiger charge is 2.48. The smallest absolute Gasteiger partial charge is 0.0652 e.